The SMILES string of the molecule is Cc1ccc(-c2nnn(CC(=O)N(C)c3ccccc3)n2)cc1. The van der Waals surface area contributed by atoms with Crippen molar-refractivity contribution in [1.29, 1.82) is 0 Å². The summed E-state index contributed by atoms with van der Waals surface area (Å²) in [6.07, 6.45) is 0. The minimum Gasteiger partial charge on any atom is -0.314 e. The quantitative estimate of drug-likeness (QED) is 0.742. The van der Waals surface area contributed by atoms with Gasteiger partial charge in [0.15, 0.2) is 0 Å². The summed E-state index contributed by atoms with van der Waals surface area (Å²) in [4.78, 5) is 15.2. The summed E-state index contributed by atoms with van der Waals surface area (Å²) in [5.41, 5.74) is 2.88. The number of rotatable bonds is 4. The highest BCUT2D eigenvalue weighted by molar-refractivity contribution is 5.92. The number of carbonyl (C=O) groups is 1. The van der Waals surface area contributed by atoms with Gasteiger partial charge in [0.25, 0.3) is 0 Å². The molecule has 0 aliphatic carbocycles. The average Bonchev–Trinajstić information content (AvgIpc) is 3.04. The maximum Gasteiger partial charge on any atom is 0.250 e. The number of aromatic nitrogens is 4. The zero-order valence-electron chi connectivity index (χ0n) is 13.0. The number of hydrogen-bond acceptors (Lipinski definition) is 4. The van der Waals surface area contributed by atoms with Gasteiger partial charge in [0.2, 0.25) is 11.7 Å². The summed E-state index contributed by atoms with van der Waals surface area (Å²) in [5.74, 6) is 0.407. The predicted molar refractivity (Wildman–Crippen MR) is 87.8 cm³/mol. The van der Waals surface area contributed by atoms with Crippen LogP contribution in [-0.4, -0.2) is 33.2 Å². The van der Waals surface area contributed by atoms with E-state index in [0.717, 1.165) is 11.3 Å². The Hall–Kier alpha value is -3.02. The van der Waals surface area contributed by atoms with Gasteiger partial charge in [0.1, 0.15) is 6.54 Å². The molecule has 6 nitrogen and oxygen atoms in total. The summed E-state index contributed by atoms with van der Waals surface area (Å²) in [7, 11) is 1.73. The van der Waals surface area contributed by atoms with Crippen molar-refractivity contribution < 1.29 is 4.79 Å². The fourth-order valence-corrected chi connectivity index (χ4v) is 2.15. The highest BCUT2D eigenvalue weighted by atomic mass is 16.2. The number of nitrogens with zero attached hydrogens (tertiary/aromatic N) is 5. The second kappa shape index (κ2) is 6.39. The first kappa shape index (κ1) is 14.9. The number of likely N-dealkylation sites (N-methyl/N-ethyl adjacent to an activating group) is 1. The molecule has 116 valence electrons. The molecule has 3 rings (SSSR count). The Morgan fingerprint density at radius 1 is 1.09 bits per heavy atom. The second-order valence-corrected chi connectivity index (χ2v) is 5.30. The van der Waals surface area contributed by atoms with Gasteiger partial charge in [-0.3, -0.25) is 4.79 Å². The van der Waals surface area contributed by atoms with Crippen molar-refractivity contribution in [3.8, 4) is 11.4 Å². The van der Waals surface area contributed by atoms with E-state index in [1.165, 1.54) is 10.4 Å². The zero-order valence-corrected chi connectivity index (χ0v) is 13.0. The Morgan fingerprint density at radius 2 is 1.78 bits per heavy atom. The molecule has 0 saturated heterocycles. The van der Waals surface area contributed by atoms with Crippen LogP contribution in [0.1, 0.15) is 5.56 Å². The molecule has 0 unspecified atom stereocenters. The first-order valence-electron chi connectivity index (χ1n) is 7.30. The Balaban J connectivity index is 1.71. The highest BCUT2D eigenvalue weighted by Crippen LogP contribution is 2.14. The lowest BCUT2D eigenvalue weighted by Gasteiger charge is -2.16. The molecule has 6 heteroatoms. The molecular weight excluding hydrogens is 290 g/mol. The molecule has 0 spiro atoms. The van der Waals surface area contributed by atoms with Crippen LogP contribution in [-0.2, 0) is 11.3 Å². The first-order chi connectivity index (χ1) is 11.1. The molecule has 0 N–H and O–H groups in total. The highest BCUT2D eigenvalue weighted by Gasteiger charge is 2.14. The Labute approximate surface area is 134 Å². The van der Waals surface area contributed by atoms with Gasteiger partial charge in [-0.05, 0) is 24.3 Å². The van der Waals surface area contributed by atoms with Crippen LogP contribution >= 0.6 is 0 Å². The van der Waals surface area contributed by atoms with E-state index >= 15 is 0 Å². The van der Waals surface area contributed by atoms with Crippen LogP contribution in [0.15, 0.2) is 54.6 Å². The molecule has 0 fully saturated rings. The summed E-state index contributed by atoms with van der Waals surface area (Å²) in [6, 6.07) is 17.3. The van der Waals surface area contributed by atoms with Crippen LogP contribution in [0.5, 0.6) is 0 Å². The smallest absolute Gasteiger partial charge is 0.250 e. The van der Waals surface area contributed by atoms with Crippen molar-refractivity contribution in [2.24, 2.45) is 0 Å². The van der Waals surface area contributed by atoms with Crippen LogP contribution in [0.2, 0.25) is 0 Å². The lowest BCUT2D eigenvalue weighted by molar-refractivity contribution is -0.119. The van der Waals surface area contributed by atoms with Crippen molar-refractivity contribution in [2.45, 2.75) is 13.5 Å². The van der Waals surface area contributed by atoms with Crippen LogP contribution in [0.4, 0.5) is 5.69 Å². The molecule has 0 aliphatic rings. The van der Waals surface area contributed by atoms with Crippen molar-refractivity contribution >= 4 is 11.6 Å². The molecule has 1 aromatic heterocycles. The molecule has 0 radical (unpaired) electrons. The van der Waals surface area contributed by atoms with E-state index in [9.17, 15) is 4.79 Å². The third kappa shape index (κ3) is 3.42. The summed E-state index contributed by atoms with van der Waals surface area (Å²) < 4.78 is 0. The summed E-state index contributed by atoms with van der Waals surface area (Å²) >= 11 is 0. The van der Waals surface area contributed by atoms with Crippen molar-refractivity contribution in [3.05, 3.63) is 60.2 Å². The van der Waals surface area contributed by atoms with E-state index in [1.54, 1.807) is 11.9 Å². The predicted octanol–water partition coefficient (Wildman–Crippen LogP) is 2.31. The maximum atomic E-state index is 12.3. The van der Waals surface area contributed by atoms with E-state index in [4.69, 9.17) is 0 Å². The molecule has 0 aliphatic heterocycles. The van der Waals surface area contributed by atoms with Gasteiger partial charge in [-0.2, -0.15) is 4.80 Å². The van der Waals surface area contributed by atoms with Gasteiger partial charge in [-0.15, -0.1) is 10.2 Å². The summed E-state index contributed by atoms with van der Waals surface area (Å²) in [6.45, 7) is 2.07. The number of aryl methyl sites for hydroxylation is 1. The number of tetrazole rings is 1. The number of hydrogen-bond donors (Lipinski definition) is 0. The van der Waals surface area contributed by atoms with Gasteiger partial charge < -0.3 is 4.90 Å². The second-order valence-electron chi connectivity index (χ2n) is 5.30. The molecule has 3 aromatic rings. The van der Waals surface area contributed by atoms with Gasteiger partial charge in [0, 0.05) is 18.3 Å². The maximum absolute atomic E-state index is 12.3. The fraction of sp³-hybridized carbons (Fsp3) is 0.176. The van der Waals surface area contributed by atoms with Crippen LogP contribution in [0, 0.1) is 6.92 Å². The molecule has 23 heavy (non-hydrogen) atoms. The molecule has 1 amide bonds. The van der Waals surface area contributed by atoms with Gasteiger partial charge >= 0.3 is 0 Å². The molecule has 1 heterocycles. The van der Waals surface area contributed by atoms with Crippen LogP contribution < -0.4 is 4.90 Å². The van der Waals surface area contributed by atoms with Gasteiger partial charge in [-0.25, -0.2) is 0 Å². The molecule has 0 atom stereocenters. The number of amides is 1. The number of anilines is 1. The average molecular weight is 307 g/mol. The number of benzene rings is 2. The number of carbonyl (C=O) groups excluding carboxylic acids is 1. The minimum atomic E-state index is -0.107. The standard InChI is InChI=1S/C17H17N5O/c1-13-8-10-14(11-9-13)17-18-20-22(19-17)12-16(23)21(2)15-6-4-3-5-7-15/h3-11H,12H2,1-2H3. The summed E-state index contributed by atoms with van der Waals surface area (Å²) in [5, 5.41) is 12.2. The van der Waals surface area contributed by atoms with Gasteiger partial charge in [-0.1, -0.05) is 48.0 Å². The van der Waals surface area contributed by atoms with Crippen LogP contribution in [0.3, 0.4) is 0 Å². The van der Waals surface area contributed by atoms with E-state index in [2.05, 4.69) is 15.4 Å². The Bertz CT molecular complexity index is 795. The van der Waals surface area contributed by atoms with E-state index < -0.39 is 0 Å². The van der Waals surface area contributed by atoms with Crippen molar-refractivity contribution in [1.82, 2.24) is 20.2 Å². The molecular formula is C17H17N5O. The lowest BCUT2D eigenvalue weighted by Crippen LogP contribution is -2.30. The Kier molecular flexibility index (Phi) is 4.14. The molecule has 0 saturated carbocycles. The first-order valence-corrected chi connectivity index (χ1v) is 7.30. The van der Waals surface area contributed by atoms with Gasteiger partial charge in [0.05, 0.1) is 0 Å². The Morgan fingerprint density at radius 3 is 2.48 bits per heavy atom. The lowest BCUT2D eigenvalue weighted by atomic mass is 10.1. The van der Waals surface area contributed by atoms with Crippen molar-refractivity contribution in [3.63, 3.8) is 0 Å². The molecule has 2 aromatic carbocycles. The fourth-order valence-electron chi connectivity index (χ4n) is 2.15. The third-order valence-electron chi connectivity index (χ3n) is 3.56. The molecule has 0 bridgehead atoms. The monoisotopic (exact) mass is 307 g/mol. The van der Waals surface area contributed by atoms with E-state index in [0.29, 0.717) is 5.82 Å². The minimum absolute atomic E-state index is 0.0459. The van der Waals surface area contributed by atoms with E-state index in [-0.39, 0.29) is 12.5 Å². The van der Waals surface area contributed by atoms with E-state index in [1.807, 2.05) is 61.5 Å². The van der Waals surface area contributed by atoms with Crippen molar-refractivity contribution in [2.75, 3.05) is 11.9 Å². The topological polar surface area (TPSA) is 63.9 Å². The normalized spacial score (nSPS) is 10.5. The number of para-hydroxylation sites is 1. The largest absolute Gasteiger partial charge is 0.314 e. The third-order valence-corrected chi connectivity index (χ3v) is 3.56. The van der Waals surface area contributed by atoms with Crippen LogP contribution in [0.25, 0.3) is 11.4 Å². The zero-order chi connectivity index (χ0) is 16.2.